The topological polar surface area (TPSA) is 36.9 Å². The van der Waals surface area contributed by atoms with Crippen LogP contribution in [-0.4, -0.2) is 51.1 Å². The molecule has 1 atom stereocenters. The highest BCUT2D eigenvalue weighted by Crippen LogP contribution is 2.09. The maximum atomic E-state index is 5.42. The summed E-state index contributed by atoms with van der Waals surface area (Å²) in [6.45, 7) is 10.9. The monoisotopic (exact) mass is 367 g/mol. The molecule has 0 fully saturated rings. The van der Waals surface area contributed by atoms with Crippen molar-refractivity contribution in [3.63, 3.8) is 0 Å². The van der Waals surface area contributed by atoms with Crippen molar-refractivity contribution in [2.24, 2.45) is 4.99 Å². The molecular weight excluding hydrogens is 334 g/mol. The van der Waals surface area contributed by atoms with Crippen LogP contribution in [0.2, 0.25) is 0 Å². The van der Waals surface area contributed by atoms with E-state index in [-0.39, 0.29) is 6.04 Å². The maximum absolute atomic E-state index is 5.42. The Kier molecular flexibility index (Phi) is 10.6. The second-order valence-electron chi connectivity index (χ2n) is 6.33. The number of nitrogens with zero attached hydrogens (tertiary/aromatic N) is 2. The molecule has 27 heavy (non-hydrogen) atoms. The number of methoxy groups -OCH3 is 1. The fourth-order valence-corrected chi connectivity index (χ4v) is 2.59. The molecule has 1 unspecified atom stereocenters. The molecule has 0 aliphatic carbocycles. The van der Waals surface area contributed by atoms with Gasteiger partial charge in [0.25, 0.3) is 0 Å². The van der Waals surface area contributed by atoms with Gasteiger partial charge in [0.2, 0.25) is 0 Å². The van der Waals surface area contributed by atoms with Crippen molar-refractivity contribution in [2.45, 2.75) is 19.4 Å². The summed E-state index contributed by atoms with van der Waals surface area (Å²) in [5, 5.41) is 3.13. The van der Waals surface area contributed by atoms with Crippen LogP contribution in [0.3, 0.4) is 0 Å². The lowest BCUT2D eigenvalue weighted by Gasteiger charge is -2.29. The molecule has 0 aliphatic heterocycles. The van der Waals surface area contributed by atoms with Gasteiger partial charge in [-0.1, -0.05) is 55.6 Å². The van der Waals surface area contributed by atoms with Gasteiger partial charge >= 0.3 is 0 Å². The summed E-state index contributed by atoms with van der Waals surface area (Å²) < 4.78 is 5.42. The standard InChI is InChI=1S/C23H33N3O/c1-7-19(2)16-22(24-4)14-11-15-25-20(3)26(5)23(18-27-6)17-21-12-9-8-10-13-21/h7-14,16,23-24H,1-2,15,17-18H2,3-6H3/b14-11-,22-16+,25-20?. The number of hydrogen-bond acceptors (Lipinski definition) is 3. The molecule has 1 N–H and O–H groups in total. The van der Waals surface area contributed by atoms with Crippen molar-refractivity contribution in [3.05, 3.63) is 84.6 Å². The van der Waals surface area contributed by atoms with Crippen LogP contribution < -0.4 is 5.32 Å². The van der Waals surface area contributed by atoms with E-state index in [1.54, 1.807) is 13.2 Å². The lowest BCUT2D eigenvalue weighted by atomic mass is 10.1. The number of likely N-dealkylation sites (N-methyl/N-ethyl adjacent to an activating group) is 2. The van der Waals surface area contributed by atoms with Gasteiger partial charge in [0.1, 0.15) is 0 Å². The van der Waals surface area contributed by atoms with Crippen molar-refractivity contribution in [1.29, 1.82) is 0 Å². The fraction of sp³-hybridized carbons (Fsp3) is 0.348. The first-order chi connectivity index (χ1) is 13.0. The second-order valence-corrected chi connectivity index (χ2v) is 6.33. The molecule has 1 aromatic carbocycles. The minimum Gasteiger partial charge on any atom is -0.388 e. The van der Waals surface area contributed by atoms with Crippen LogP contribution in [-0.2, 0) is 11.2 Å². The Balaban J connectivity index is 2.71. The number of rotatable bonds is 11. The number of hydrogen-bond donors (Lipinski definition) is 1. The molecule has 0 spiro atoms. The van der Waals surface area contributed by atoms with Gasteiger partial charge in [-0.05, 0) is 36.6 Å². The van der Waals surface area contributed by atoms with Gasteiger partial charge in [-0.25, -0.2) is 0 Å². The Morgan fingerprint density at radius 3 is 2.63 bits per heavy atom. The van der Waals surface area contributed by atoms with E-state index in [0.717, 1.165) is 23.5 Å². The Hall–Kier alpha value is -2.59. The summed E-state index contributed by atoms with van der Waals surface area (Å²) in [6.07, 6.45) is 8.62. The summed E-state index contributed by atoms with van der Waals surface area (Å²) in [7, 11) is 5.69. The largest absolute Gasteiger partial charge is 0.388 e. The zero-order valence-electron chi connectivity index (χ0n) is 17.1. The number of ether oxygens (including phenoxy) is 1. The van der Waals surface area contributed by atoms with Crippen LogP contribution in [0.5, 0.6) is 0 Å². The SMILES string of the molecule is C=CC(=C)/C=C(\C=C/CN=C(C)N(C)C(COC)Cc1ccccc1)NC. The molecule has 4 nitrogen and oxygen atoms in total. The Labute approximate surface area is 164 Å². The van der Waals surface area contributed by atoms with E-state index in [1.807, 2.05) is 38.3 Å². The molecule has 0 amide bonds. The second kappa shape index (κ2) is 12.7. The highest BCUT2D eigenvalue weighted by molar-refractivity contribution is 5.79. The van der Waals surface area contributed by atoms with E-state index in [9.17, 15) is 0 Å². The van der Waals surface area contributed by atoms with Crippen LogP contribution in [0.15, 0.2) is 84.1 Å². The van der Waals surface area contributed by atoms with Crippen molar-refractivity contribution in [1.82, 2.24) is 10.2 Å². The highest BCUT2D eigenvalue weighted by Gasteiger charge is 2.16. The molecule has 0 aliphatic rings. The molecule has 0 heterocycles. The first kappa shape index (κ1) is 22.5. The average molecular weight is 368 g/mol. The molecule has 0 radical (unpaired) electrons. The van der Waals surface area contributed by atoms with Crippen LogP contribution >= 0.6 is 0 Å². The molecule has 1 rings (SSSR count). The van der Waals surface area contributed by atoms with Crippen LogP contribution in [0.4, 0.5) is 0 Å². The number of amidine groups is 1. The zero-order chi connectivity index (χ0) is 20.1. The fourth-order valence-electron chi connectivity index (χ4n) is 2.59. The zero-order valence-corrected chi connectivity index (χ0v) is 17.1. The average Bonchev–Trinajstić information content (AvgIpc) is 2.69. The summed E-state index contributed by atoms with van der Waals surface area (Å²) >= 11 is 0. The van der Waals surface area contributed by atoms with E-state index in [0.29, 0.717) is 13.2 Å². The van der Waals surface area contributed by atoms with Gasteiger partial charge in [0.15, 0.2) is 0 Å². The van der Waals surface area contributed by atoms with Gasteiger partial charge in [-0.2, -0.15) is 0 Å². The lowest BCUT2D eigenvalue weighted by molar-refractivity contribution is 0.137. The quantitative estimate of drug-likeness (QED) is 0.365. The molecule has 0 bridgehead atoms. The summed E-state index contributed by atoms with van der Waals surface area (Å²) in [4.78, 5) is 6.87. The molecule has 1 aromatic rings. The highest BCUT2D eigenvalue weighted by atomic mass is 16.5. The number of aliphatic imine (C=N–C) groups is 1. The number of benzene rings is 1. The van der Waals surface area contributed by atoms with Crippen molar-refractivity contribution in [3.8, 4) is 0 Å². The van der Waals surface area contributed by atoms with Crippen LogP contribution in [0, 0.1) is 0 Å². The predicted octanol–water partition coefficient (Wildman–Crippen LogP) is 4.00. The summed E-state index contributed by atoms with van der Waals surface area (Å²) in [5.41, 5.74) is 3.14. The third kappa shape index (κ3) is 8.56. The first-order valence-electron chi connectivity index (χ1n) is 9.15. The normalized spacial score (nSPS) is 13.5. The Bertz CT molecular complexity index is 674. The maximum Gasteiger partial charge on any atom is 0.0962 e. The van der Waals surface area contributed by atoms with Gasteiger partial charge in [-0.15, -0.1) is 0 Å². The third-order valence-electron chi connectivity index (χ3n) is 4.35. The van der Waals surface area contributed by atoms with E-state index in [2.05, 4.69) is 59.7 Å². The molecule has 4 heteroatoms. The van der Waals surface area contributed by atoms with E-state index in [4.69, 9.17) is 4.74 Å². The van der Waals surface area contributed by atoms with Crippen LogP contribution in [0.1, 0.15) is 12.5 Å². The van der Waals surface area contributed by atoms with E-state index < -0.39 is 0 Å². The van der Waals surface area contributed by atoms with Gasteiger partial charge < -0.3 is 15.0 Å². The number of nitrogens with one attached hydrogen (secondary N) is 1. The first-order valence-corrected chi connectivity index (χ1v) is 9.15. The van der Waals surface area contributed by atoms with E-state index in [1.165, 1.54) is 5.56 Å². The summed E-state index contributed by atoms with van der Waals surface area (Å²) in [6, 6.07) is 10.7. The van der Waals surface area contributed by atoms with Crippen molar-refractivity contribution < 1.29 is 4.74 Å². The Morgan fingerprint density at radius 1 is 1.33 bits per heavy atom. The molecule has 146 valence electrons. The smallest absolute Gasteiger partial charge is 0.0962 e. The van der Waals surface area contributed by atoms with E-state index >= 15 is 0 Å². The minimum atomic E-state index is 0.244. The van der Waals surface area contributed by atoms with Crippen molar-refractivity contribution >= 4 is 5.84 Å². The molecule has 0 saturated carbocycles. The van der Waals surface area contributed by atoms with Gasteiger partial charge in [0.05, 0.1) is 25.0 Å². The lowest BCUT2D eigenvalue weighted by Crippen LogP contribution is -2.40. The Morgan fingerprint density at radius 2 is 2.04 bits per heavy atom. The van der Waals surface area contributed by atoms with Gasteiger partial charge in [0, 0.05) is 26.9 Å². The van der Waals surface area contributed by atoms with Gasteiger partial charge in [-0.3, -0.25) is 4.99 Å². The summed E-state index contributed by atoms with van der Waals surface area (Å²) in [5.74, 6) is 0.989. The van der Waals surface area contributed by atoms with Crippen molar-refractivity contribution in [2.75, 3.05) is 34.4 Å². The molecule has 0 aromatic heterocycles. The molecular formula is C23H33N3O. The number of allylic oxidation sites excluding steroid dienone is 4. The molecule has 0 saturated heterocycles. The minimum absolute atomic E-state index is 0.244. The predicted molar refractivity (Wildman–Crippen MR) is 117 cm³/mol. The van der Waals surface area contributed by atoms with Crippen LogP contribution in [0.25, 0.3) is 0 Å². The third-order valence-corrected chi connectivity index (χ3v) is 4.35.